The average molecular weight is 382 g/mol. The Morgan fingerprint density at radius 2 is 2.05 bits per heavy atom. The van der Waals surface area contributed by atoms with Gasteiger partial charge < -0.3 is 9.72 Å². The van der Waals surface area contributed by atoms with Crippen molar-refractivity contribution in [2.75, 3.05) is 5.32 Å². The number of fused-ring (bicyclic) bond motifs is 1. The maximum Gasteiger partial charge on any atom is 0.180 e. The molecule has 2 heterocycles. The molecule has 96 valence electrons. The lowest BCUT2D eigenvalue weighted by Gasteiger charge is -2.09. The molecule has 6 heteroatoms. The summed E-state index contributed by atoms with van der Waals surface area (Å²) in [5.74, 6) is 0.719. The van der Waals surface area contributed by atoms with Gasteiger partial charge in [-0.2, -0.15) is 0 Å². The molecule has 0 spiro atoms. The second kappa shape index (κ2) is 4.94. The summed E-state index contributed by atoms with van der Waals surface area (Å²) in [7, 11) is 0. The van der Waals surface area contributed by atoms with E-state index in [1.807, 2.05) is 22.9 Å². The van der Waals surface area contributed by atoms with Crippen molar-refractivity contribution >= 4 is 49.0 Å². The highest BCUT2D eigenvalue weighted by molar-refractivity contribution is 9.10. The largest absolute Gasteiger partial charge is 0.337 e. The molecule has 0 aliphatic rings. The lowest BCUT2D eigenvalue weighted by Crippen LogP contribution is -1.99. The molecule has 1 aromatic carbocycles. The Labute approximate surface area is 127 Å². The maximum atomic E-state index is 4.44. The second-order valence-electron chi connectivity index (χ2n) is 4.21. The highest BCUT2D eigenvalue weighted by Crippen LogP contribution is 2.24. The predicted molar refractivity (Wildman–Crippen MR) is 82.8 cm³/mol. The van der Waals surface area contributed by atoms with Gasteiger partial charge in [0.25, 0.3) is 0 Å². The van der Waals surface area contributed by atoms with E-state index >= 15 is 0 Å². The van der Waals surface area contributed by atoms with Gasteiger partial charge in [0.05, 0.1) is 0 Å². The number of nitrogens with one attached hydrogen (secondary N) is 1. The molecule has 0 amide bonds. The lowest BCUT2D eigenvalue weighted by atomic mass is 10.2. The zero-order valence-electron chi connectivity index (χ0n) is 10.1. The van der Waals surface area contributed by atoms with Crippen LogP contribution in [0.3, 0.4) is 0 Å². The monoisotopic (exact) mass is 380 g/mol. The Balaban J connectivity index is 2.07. The number of halogens is 2. The van der Waals surface area contributed by atoms with Crippen LogP contribution in [-0.4, -0.2) is 14.4 Å². The summed E-state index contributed by atoms with van der Waals surface area (Å²) in [6, 6.07) is 6.13. The molecule has 0 saturated heterocycles. The van der Waals surface area contributed by atoms with Gasteiger partial charge in [-0.15, -0.1) is 0 Å². The van der Waals surface area contributed by atoms with Crippen LogP contribution >= 0.6 is 31.9 Å². The number of hydrogen-bond acceptors (Lipinski definition) is 3. The van der Waals surface area contributed by atoms with Crippen LogP contribution in [-0.2, 0) is 0 Å². The number of nitrogens with zero attached hydrogens (tertiary/aromatic N) is 3. The SMILES string of the molecule is Cc1cc(Br)cc(Nc2nc(Br)cn3ccnc23)c1. The number of anilines is 2. The van der Waals surface area contributed by atoms with Gasteiger partial charge in [0.15, 0.2) is 11.5 Å². The van der Waals surface area contributed by atoms with Crippen molar-refractivity contribution in [3.8, 4) is 0 Å². The molecular weight excluding hydrogens is 372 g/mol. The predicted octanol–water partition coefficient (Wildman–Crippen LogP) is 4.31. The molecule has 2 aromatic heterocycles. The average Bonchev–Trinajstić information content (AvgIpc) is 2.75. The van der Waals surface area contributed by atoms with Gasteiger partial charge in [-0.3, -0.25) is 0 Å². The minimum atomic E-state index is 0.719. The van der Waals surface area contributed by atoms with E-state index in [9.17, 15) is 0 Å². The fourth-order valence-electron chi connectivity index (χ4n) is 1.93. The fraction of sp³-hybridized carbons (Fsp3) is 0.0769. The third-order valence-corrected chi connectivity index (χ3v) is 3.49. The Bertz CT molecular complexity index is 731. The molecule has 3 aromatic rings. The molecule has 0 radical (unpaired) electrons. The summed E-state index contributed by atoms with van der Waals surface area (Å²) in [4.78, 5) is 8.74. The molecule has 0 bridgehead atoms. The standard InChI is InChI=1S/C13H10Br2N4/c1-8-4-9(14)6-10(5-8)17-12-13-16-2-3-19(13)7-11(15)18-12/h2-7H,1H3,(H,17,18). The minimum absolute atomic E-state index is 0.719. The van der Waals surface area contributed by atoms with Gasteiger partial charge in [0.1, 0.15) is 4.60 Å². The maximum absolute atomic E-state index is 4.44. The second-order valence-corrected chi connectivity index (χ2v) is 5.94. The molecule has 0 saturated carbocycles. The van der Waals surface area contributed by atoms with Gasteiger partial charge >= 0.3 is 0 Å². The summed E-state index contributed by atoms with van der Waals surface area (Å²) in [5, 5.41) is 3.30. The normalized spacial score (nSPS) is 10.9. The third kappa shape index (κ3) is 2.64. The van der Waals surface area contributed by atoms with E-state index in [1.165, 1.54) is 5.56 Å². The van der Waals surface area contributed by atoms with Crippen LogP contribution in [0.25, 0.3) is 5.65 Å². The first-order chi connectivity index (χ1) is 9.11. The molecule has 0 unspecified atom stereocenters. The van der Waals surface area contributed by atoms with Gasteiger partial charge in [-0.05, 0) is 46.6 Å². The Hall–Kier alpha value is -1.40. The van der Waals surface area contributed by atoms with Crippen molar-refractivity contribution in [1.29, 1.82) is 0 Å². The van der Waals surface area contributed by atoms with Crippen LogP contribution in [0, 0.1) is 6.92 Å². The van der Waals surface area contributed by atoms with E-state index in [2.05, 4.69) is 66.2 Å². The Kier molecular flexibility index (Phi) is 3.28. The molecule has 0 atom stereocenters. The molecule has 0 aliphatic carbocycles. The summed E-state index contributed by atoms with van der Waals surface area (Å²) in [6.45, 7) is 2.05. The van der Waals surface area contributed by atoms with Crippen LogP contribution in [0.15, 0.2) is 45.9 Å². The van der Waals surface area contributed by atoms with Crippen LogP contribution in [0.4, 0.5) is 11.5 Å². The van der Waals surface area contributed by atoms with Crippen LogP contribution in [0.5, 0.6) is 0 Å². The lowest BCUT2D eigenvalue weighted by molar-refractivity contribution is 1.10. The van der Waals surface area contributed by atoms with E-state index in [1.54, 1.807) is 6.20 Å². The van der Waals surface area contributed by atoms with Crippen molar-refractivity contribution in [1.82, 2.24) is 14.4 Å². The highest BCUT2D eigenvalue weighted by Gasteiger charge is 2.07. The van der Waals surface area contributed by atoms with Gasteiger partial charge in [-0.1, -0.05) is 15.9 Å². The van der Waals surface area contributed by atoms with Crippen LogP contribution in [0.2, 0.25) is 0 Å². The van der Waals surface area contributed by atoms with Crippen molar-refractivity contribution < 1.29 is 0 Å². The number of benzene rings is 1. The van der Waals surface area contributed by atoms with Gasteiger partial charge in [0.2, 0.25) is 0 Å². The summed E-state index contributed by atoms with van der Waals surface area (Å²) in [6.07, 6.45) is 5.51. The van der Waals surface area contributed by atoms with Crippen molar-refractivity contribution in [2.24, 2.45) is 0 Å². The molecule has 4 nitrogen and oxygen atoms in total. The number of aromatic nitrogens is 3. The van der Waals surface area contributed by atoms with Crippen LogP contribution < -0.4 is 5.32 Å². The summed E-state index contributed by atoms with van der Waals surface area (Å²) >= 11 is 6.89. The Morgan fingerprint density at radius 3 is 2.84 bits per heavy atom. The first-order valence-electron chi connectivity index (χ1n) is 5.65. The van der Waals surface area contributed by atoms with E-state index in [0.717, 1.165) is 26.2 Å². The zero-order valence-corrected chi connectivity index (χ0v) is 13.2. The number of imidazole rings is 1. The minimum Gasteiger partial charge on any atom is -0.337 e. The molecule has 19 heavy (non-hydrogen) atoms. The van der Waals surface area contributed by atoms with Gasteiger partial charge in [-0.25, -0.2) is 9.97 Å². The van der Waals surface area contributed by atoms with E-state index in [0.29, 0.717) is 0 Å². The molecule has 0 fully saturated rings. The summed E-state index contributed by atoms with van der Waals surface area (Å²) in [5.41, 5.74) is 2.94. The highest BCUT2D eigenvalue weighted by atomic mass is 79.9. The third-order valence-electron chi connectivity index (χ3n) is 2.65. The number of aryl methyl sites for hydroxylation is 1. The summed E-state index contributed by atoms with van der Waals surface area (Å²) < 4.78 is 3.71. The fourth-order valence-corrected chi connectivity index (χ4v) is 2.94. The van der Waals surface area contributed by atoms with Crippen LogP contribution in [0.1, 0.15) is 5.56 Å². The van der Waals surface area contributed by atoms with Gasteiger partial charge in [0, 0.05) is 28.8 Å². The molecule has 3 rings (SSSR count). The first-order valence-corrected chi connectivity index (χ1v) is 7.24. The Morgan fingerprint density at radius 1 is 1.21 bits per heavy atom. The van der Waals surface area contributed by atoms with E-state index < -0.39 is 0 Å². The van der Waals surface area contributed by atoms with Crippen molar-refractivity contribution in [2.45, 2.75) is 6.92 Å². The first kappa shape index (κ1) is 12.6. The number of hydrogen-bond donors (Lipinski definition) is 1. The smallest absolute Gasteiger partial charge is 0.180 e. The molecular formula is C13H10Br2N4. The number of rotatable bonds is 2. The van der Waals surface area contributed by atoms with E-state index in [-0.39, 0.29) is 0 Å². The van der Waals surface area contributed by atoms with E-state index in [4.69, 9.17) is 0 Å². The molecule has 1 N–H and O–H groups in total. The zero-order chi connectivity index (χ0) is 13.4. The van der Waals surface area contributed by atoms with Crippen molar-refractivity contribution in [3.05, 3.63) is 51.4 Å². The topological polar surface area (TPSA) is 42.2 Å². The van der Waals surface area contributed by atoms with Crippen molar-refractivity contribution in [3.63, 3.8) is 0 Å². The quantitative estimate of drug-likeness (QED) is 0.719. The molecule has 0 aliphatic heterocycles.